The van der Waals surface area contributed by atoms with Crippen LogP contribution in [-0.2, 0) is 27.5 Å². The summed E-state index contributed by atoms with van der Waals surface area (Å²) in [5, 5.41) is 3.32. The van der Waals surface area contributed by atoms with Gasteiger partial charge in [-0.3, -0.25) is 0 Å². The van der Waals surface area contributed by atoms with Crippen LogP contribution < -0.4 is 10.2 Å². The largest absolute Gasteiger partial charge is 0.493 e. The molecule has 1 N–H and O–H groups in total. The highest BCUT2D eigenvalue weighted by molar-refractivity contribution is 5.80. The van der Waals surface area contributed by atoms with Gasteiger partial charge in [0.25, 0.3) is 0 Å². The average molecular weight is 673 g/mol. The lowest BCUT2D eigenvalue weighted by molar-refractivity contribution is -0.237. The molecule has 9 nitrogen and oxygen atoms in total. The van der Waals surface area contributed by atoms with Gasteiger partial charge in [0.15, 0.2) is 0 Å². The number of urea groups is 1. The first-order chi connectivity index (χ1) is 20.9. The fourth-order valence-corrected chi connectivity index (χ4v) is 4.89. The number of aromatic nitrogens is 2. The van der Waals surface area contributed by atoms with Crippen molar-refractivity contribution in [1.82, 2.24) is 19.9 Å². The topological polar surface area (TPSA) is 90.9 Å². The standard InChI is InChI=1S/C28H33F9N6O3/c1-15-14-38-23(40-21(15)41(4)5)39-19-7-9-20(10-8-19)43(46-22(44)28(35,36)37)24(45)42(6)25(2,3)16-11-17(26(29,30)31)13-18(12-16)27(32,33)34/h11-14,19-20H,7-10H2,1-6H3,(H,38,39,40). The molecule has 1 saturated carbocycles. The Kier molecular flexibility index (Phi) is 10.3. The van der Waals surface area contributed by atoms with Crippen LogP contribution in [0, 0.1) is 6.92 Å². The highest BCUT2D eigenvalue weighted by atomic mass is 19.4. The number of carbonyl (C=O) groups excluding carboxylic acids is 2. The number of halogens is 9. The maximum atomic E-state index is 13.6. The van der Waals surface area contributed by atoms with Crippen molar-refractivity contribution in [3.63, 3.8) is 0 Å². The van der Waals surface area contributed by atoms with Crippen LogP contribution in [0.1, 0.15) is 61.8 Å². The normalized spacial score (nSPS) is 17.7. The first-order valence-electron chi connectivity index (χ1n) is 13.9. The summed E-state index contributed by atoms with van der Waals surface area (Å²) in [4.78, 5) is 41.0. The number of hydroxylamine groups is 2. The lowest BCUT2D eigenvalue weighted by Gasteiger charge is -2.42. The molecule has 0 aliphatic heterocycles. The predicted molar refractivity (Wildman–Crippen MR) is 147 cm³/mol. The Morgan fingerprint density at radius 3 is 1.80 bits per heavy atom. The van der Waals surface area contributed by atoms with Crippen molar-refractivity contribution in [2.24, 2.45) is 0 Å². The van der Waals surface area contributed by atoms with Gasteiger partial charge in [-0.05, 0) is 70.2 Å². The quantitative estimate of drug-likeness (QED) is 0.263. The number of nitrogens with one attached hydrogen (secondary N) is 1. The zero-order valence-corrected chi connectivity index (χ0v) is 25.7. The van der Waals surface area contributed by atoms with E-state index >= 15 is 0 Å². The van der Waals surface area contributed by atoms with Crippen molar-refractivity contribution in [3.8, 4) is 0 Å². The third kappa shape index (κ3) is 8.43. The van der Waals surface area contributed by atoms with Crippen molar-refractivity contribution in [2.75, 3.05) is 31.4 Å². The number of hydrogen-bond donors (Lipinski definition) is 1. The van der Waals surface area contributed by atoms with E-state index in [2.05, 4.69) is 20.1 Å². The third-order valence-corrected chi connectivity index (χ3v) is 7.75. The molecular formula is C28H33F9N6O3. The zero-order valence-electron chi connectivity index (χ0n) is 25.7. The summed E-state index contributed by atoms with van der Waals surface area (Å²) in [6.07, 6.45) is -13.8. The van der Waals surface area contributed by atoms with Crippen molar-refractivity contribution < 1.29 is 53.9 Å². The number of anilines is 2. The lowest BCUT2D eigenvalue weighted by atomic mass is 9.89. The third-order valence-electron chi connectivity index (χ3n) is 7.75. The monoisotopic (exact) mass is 672 g/mol. The van der Waals surface area contributed by atoms with Gasteiger partial charge >= 0.3 is 30.5 Å². The number of nitrogens with zero attached hydrogens (tertiary/aromatic N) is 5. The number of benzene rings is 1. The zero-order chi connectivity index (χ0) is 35.0. The van der Waals surface area contributed by atoms with Crippen LogP contribution >= 0.6 is 0 Å². The fraction of sp³-hybridized carbons (Fsp3) is 0.571. The summed E-state index contributed by atoms with van der Waals surface area (Å²) >= 11 is 0. The van der Waals surface area contributed by atoms with E-state index in [9.17, 15) is 49.1 Å². The first-order valence-corrected chi connectivity index (χ1v) is 13.9. The molecule has 1 aromatic heterocycles. The van der Waals surface area contributed by atoms with E-state index in [0.29, 0.717) is 22.9 Å². The molecule has 1 aromatic carbocycles. The van der Waals surface area contributed by atoms with E-state index in [4.69, 9.17) is 0 Å². The minimum absolute atomic E-state index is 0.0109. The summed E-state index contributed by atoms with van der Waals surface area (Å²) in [5.41, 5.74) is -5.06. The highest BCUT2D eigenvalue weighted by Gasteiger charge is 2.47. The Hall–Kier alpha value is -3.99. The average Bonchev–Trinajstić information content (AvgIpc) is 2.94. The van der Waals surface area contributed by atoms with Crippen molar-refractivity contribution in [1.29, 1.82) is 0 Å². The van der Waals surface area contributed by atoms with Crippen LogP contribution in [0.3, 0.4) is 0 Å². The number of rotatable bonds is 6. The van der Waals surface area contributed by atoms with Gasteiger partial charge in [0.1, 0.15) is 5.82 Å². The summed E-state index contributed by atoms with van der Waals surface area (Å²) in [5.74, 6) is -1.79. The van der Waals surface area contributed by atoms with Crippen LogP contribution in [-0.4, -0.2) is 71.3 Å². The summed E-state index contributed by atoms with van der Waals surface area (Å²) in [6.45, 7) is 4.03. The second-order valence-corrected chi connectivity index (χ2v) is 11.6. The molecule has 1 fully saturated rings. The number of amides is 2. The summed E-state index contributed by atoms with van der Waals surface area (Å²) < 4.78 is 121. The van der Waals surface area contributed by atoms with Gasteiger partial charge in [-0.25, -0.2) is 14.6 Å². The van der Waals surface area contributed by atoms with Gasteiger partial charge in [0.05, 0.1) is 22.7 Å². The molecule has 1 aliphatic carbocycles. The SMILES string of the molecule is Cc1cnc(NC2CCC(N(OC(=O)C(F)(F)F)C(=O)N(C)C(C)(C)c3cc(C(F)(F)F)cc(C(F)(F)F)c3)CC2)nc1N(C)C. The van der Waals surface area contributed by atoms with Gasteiger partial charge < -0.3 is 20.0 Å². The molecular weight excluding hydrogens is 639 g/mol. The Labute approximate surface area is 258 Å². The minimum Gasteiger partial charge on any atom is -0.362 e. The Morgan fingerprint density at radius 2 is 1.35 bits per heavy atom. The van der Waals surface area contributed by atoms with Crippen molar-refractivity contribution in [2.45, 2.75) is 82.6 Å². The summed E-state index contributed by atoms with van der Waals surface area (Å²) in [6, 6.07) is -2.05. The van der Waals surface area contributed by atoms with Crippen LogP contribution in [0.25, 0.3) is 0 Å². The summed E-state index contributed by atoms with van der Waals surface area (Å²) in [7, 11) is 4.55. The molecule has 0 bridgehead atoms. The number of aryl methyl sites for hydroxylation is 1. The fourth-order valence-electron chi connectivity index (χ4n) is 4.89. The molecule has 1 heterocycles. The Balaban J connectivity index is 1.89. The van der Waals surface area contributed by atoms with Crippen molar-refractivity contribution >= 4 is 23.8 Å². The number of hydrogen-bond acceptors (Lipinski definition) is 7. The van der Waals surface area contributed by atoms with E-state index in [0.717, 1.165) is 26.5 Å². The Bertz CT molecular complexity index is 1390. The van der Waals surface area contributed by atoms with Gasteiger partial charge in [0.2, 0.25) is 5.95 Å². The molecule has 0 unspecified atom stereocenters. The molecule has 0 saturated heterocycles. The van der Waals surface area contributed by atoms with Crippen LogP contribution in [0.5, 0.6) is 0 Å². The second kappa shape index (κ2) is 13.0. The van der Waals surface area contributed by atoms with Crippen LogP contribution in [0.15, 0.2) is 24.4 Å². The molecule has 18 heteroatoms. The van der Waals surface area contributed by atoms with Crippen LogP contribution in [0.4, 0.5) is 56.1 Å². The van der Waals surface area contributed by atoms with E-state index < -0.39 is 58.8 Å². The maximum absolute atomic E-state index is 13.6. The van der Waals surface area contributed by atoms with E-state index in [-0.39, 0.29) is 48.8 Å². The molecule has 46 heavy (non-hydrogen) atoms. The van der Waals surface area contributed by atoms with E-state index in [1.165, 1.54) is 0 Å². The van der Waals surface area contributed by atoms with Gasteiger partial charge in [-0.2, -0.15) is 44.5 Å². The van der Waals surface area contributed by atoms with Crippen molar-refractivity contribution in [3.05, 3.63) is 46.6 Å². The molecule has 3 rings (SSSR count). The number of carbonyl (C=O) groups is 2. The molecule has 256 valence electrons. The van der Waals surface area contributed by atoms with E-state index in [1.807, 2.05) is 6.92 Å². The molecule has 2 amide bonds. The molecule has 1 aliphatic rings. The molecule has 0 spiro atoms. The second-order valence-electron chi connectivity index (χ2n) is 11.6. The predicted octanol–water partition coefficient (Wildman–Crippen LogP) is 6.92. The minimum atomic E-state index is -5.51. The first kappa shape index (κ1) is 36.5. The smallest absolute Gasteiger partial charge is 0.362 e. The molecule has 2 aromatic rings. The maximum Gasteiger partial charge on any atom is 0.493 e. The van der Waals surface area contributed by atoms with Gasteiger partial charge in [-0.1, -0.05) is 0 Å². The van der Waals surface area contributed by atoms with Gasteiger partial charge in [-0.15, -0.1) is 5.06 Å². The molecule has 0 radical (unpaired) electrons. The molecule has 0 atom stereocenters. The number of alkyl halides is 9. The van der Waals surface area contributed by atoms with Crippen LogP contribution in [0.2, 0.25) is 0 Å². The lowest BCUT2D eigenvalue weighted by Crippen LogP contribution is -2.55. The highest BCUT2D eigenvalue weighted by Crippen LogP contribution is 2.40. The van der Waals surface area contributed by atoms with Gasteiger partial charge in [0, 0.05) is 38.9 Å². The Morgan fingerprint density at radius 1 is 0.848 bits per heavy atom. The van der Waals surface area contributed by atoms with E-state index in [1.54, 1.807) is 25.2 Å².